The van der Waals surface area contributed by atoms with Gasteiger partial charge in [-0.15, -0.1) is 11.3 Å². The molecule has 2 N–H and O–H groups in total. The van der Waals surface area contributed by atoms with Gasteiger partial charge < -0.3 is 9.84 Å². The summed E-state index contributed by atoms with van der Waals surface area (Å²) in [4.78, 5) is 12.0. The highest BCUT2D eigenvalue weighted by Crippen LogP contribution is 2.27. The van der Waals surface area contributed by atoms with Crippen LogP contribution in [0.25, 0.3) is 0 Å². The molecule has 0 aliphatic heterocycles. The van der Waals surface area contributed by atoms with Gasteiger partial charge >= 0.3 is 5.97 Å². The van der Waals surface area contributed by atoms with Crippen LogP contribution < -0.4 is 9.46 Å². The van der Waals surface area contributed by atoms with Crippen LogP contribution in [0.4, 0.5) is 5.69 Å². The number of sulfonamides is 1. The summed E-state index contributed by atoms with van der Waals surface area (Å²) in [6, 6.07) is 7.24. The van der Waals surface area contributed by atoms with Crippen molar-refractivity contribution in [2.24, 2.45) is 0 Å². The number of nitrogens with one attached hydrogen (secondary N) is 1. The SMILES string of the molecule is COc1ccc(C(=O)O)c(NS(=O)(=O)c2ccc(C)s2)c1. The Morgan fingerprint density at radius 1 is 1.29 bits per heavy atom. The molecule has 0 aliphatic carbocycles. The zero-order valence-corrected chi connectivity index (χ0v) is 12.9. The lowest BCUT2D eigenvalue weighted by molar-refractivity contribution is 0.0698. The van der Waals surface area contributed by atoms with E-state index in [2.05, 4.69) is 4.72 Å². The Kier molecular flexibility index (Phi) is 4.19. The van der Waals surface area contributed by atoms with Crippen LogP contribution in [-0.4, -0.2) is 26.6 Å². The molecule has 1 heterocycles. The van der Waals surface area contributed by atoms with E-state index in [1.165, 1.54) is 31.4 Å². The number of ether oxygens (including phenoxy) is 1. The number of hydrogen-bond donors (Lipinski definition) is 2. The number of hydrogen-bond acceptors (Lipinski definition) is 5. The monoisotopic (exact) mass is 327 g/mol. The number of anilines is 1. The molecular weight excluding hydrogens is 314 g/mol. The van der Waals surface area contributed by atoms with E-state index in [4.69, 9.17) is 9.84 Å². The fraction of sp³-hybridized carbons (Fsp3) is 0.154. The number of carbonyl (C=O) groups is 1. The molecule has 1 aromatic heterocycles. The normalized spacial score (nSPS) is 11.1. The molecular formula is C13H13NO5S2. The minimum atomic E-state index is -3.82. The molecule has 0 unspecified atom stereocenters. The van der Waals surface area contributed by atoms with Gasteiger partial charge in [-0.1, -0.05) is 0 Å². The summed E-state index contributed by atoms with van der Waals surface area (Å²) in [5.74, 6) is -0.863. The lowest BCUT2D eigenvalue weighted by atomic mass is 10.2. The van der Waals surface area contributed by atoms with Gasteiger partial charge in [0.1, 0.15) is 9.96 Å². The lowest BCUT2D eigenvalue weighted by Crippen LogP contribution is -2.14. The number of thiophene rings is 1. The summed E-state index contributed by atoms with van der Waals surface area (Å²) < 4.78 is 31.9. The summed E-state index contributed by atoms with van der Waals surface area (Å²) in [6.07, 6.45) is 0. The zero-order chi connectivity index (χ0) is 15.6. The number of rotatable bonds is 5. The van der Waals surface area contributed by atoms with Crippen LogP contribution in [0.15, 0.2) is 34.5 Å². The van der Waals surface area contributed by atoms with Crippen LogP contribution in [0.5, 0.6) is 5.75 Å². The van der Waals surface area contributed by atoms with Crippen molar-refractivity contribution in [2.75, 3.05) is 11.8 Å². The highest BCUT2D eigenvalue weighted by Gasteiger charge is 2.20. The average molecular weight is 327 g/mol. The van der Waals surface area contributed by atoms with Gasteiger partial charge in [-0.3, -0.25) is 4.72 Å². The molecule has 0 bridgehead atoms. The molecule has 6 nitrogen and oxygen atoms in total. The maximum atomic E-state index is 12.3. The molecule has 2 aromatic rings. The van der Waals surface area contributed by atoms with Gasteiger partial charge in [-0.05, 0) is 31.2 Å². The number of benzene rings is 1. The Balaban J connectivity index is 2.44. The first-order chi connectivity index (χ1) is 9.83. The first kappa shape index (κ1) is 15.3. The number of carboxylic acid groups (broad SMARTS) is 1. The van der Waals surface area contributed by atoms with Crippen molar-refractivity contribution in [2.45, 2.75) is 11.1 Å². The van der Waals surface area contributed by atoms with E-state index in [0.29, 0.717) is 5.75 Å². The second kappa shape index (κ2) is 5.74. The molecule has 0 amide bonds. The molecule has 112 valence electrons. The zero-order valence-electron chi connectivity index (χ0n) is 11.3. The summed E-state index contributed by atoms with van der Waals surface area (Å²) in [7, 11) is -2.41. The average Bonchev–Trinajstić information content (AvgIpc) is 2.85. The third-order valence-corrected chi connectivity index (χ3v) is 5.54. The second-order valence-electron chi connectivity index (χ2n) is 4.19. The van der Waals surface area contributed by atoms with Crippen molar-refractivity contribution in [1.29, 1.82) is 0 Å². The summed E-state index contributed by atoms with van der Waals surface area (Å²) in [6.45, 7) is 1.79. The van der Waals surface area contributed by atoms with Crippen LogP contribution in [0.3, 0.4) is 0 Å². The molecule has 1 aromatic carbocycles. The molecule has 2 rings (SSSR count). The highest BCUT2D eigenvalue weighted by atomic mass is 32.2. The summed E-state index contributed by atoms with van der Waals surface area (Å²) in [5, 5.41) is 9.13. The topological polar surface area (TPSA) is 92.7 Å². The molecule has 0 saturated carbocycles. The Bertz CT molecular complexity index is 780. The number of aryl methyl sites for hydroxylation is 1. The van der Waals surface area contributed by atoms with Crippen LogP contribution in [0, 0.1) is 6.92 Å². The molecule has 0 fully saturated rings. The van der Waals surface area contributed by atoms with Crippen LogP contribution in [0.2, 0.25) is 0 Å². The number of aromatic carboxylic acids is 1. The van der Waals surface area contributed by atoms with Gasteiger partial charge in [0.15, 0.2) is 0 Å². The molecule has 0 radical (unpaired) electrons. The molecule has 0 aliphatic rings. The van der Waals surface area contributed by atoms with E-state index in [0.717, 1.165) is 16.2 Å². The van der Waals surface area contributed by atoms with Crippen molar-refractivity contribution in [3.8, 4) is 5.75 Å². The molecule has 21 heavy (non-hydrogen) atoms. The first-order valence-corrected chi connectivity index (χ1v) is 8.14. The Labute approximate surface area is 126 Å². The maximum Gasteiger partial charge on any atom is 0.337 e. The van der Waals surface area contributed by atoms with Gasteiger partial charge in [0, 0.05) is 10.9 Å². The van der Waals surface area contributed by atoms with E-state index in [1.807, 2.05) is 0 Å². The van der Waals surface area contributed by atoms with Crippen LogP contribution in [0.1, 0.15) is 15.2 Å². The minimum Gasteiger partial charge on any atom is -0.497 e. The third kappa shape index (κ3) is 3.34. The minimum absolute atomic E-state index is 0.0343. The smallest absolute Gasteiger partial charge is 0.337 e. The molecule has 0 saturated heterocycles. The molecule has 0 spiro atoms. The number of methoxy groups -OCH3 is 1. The van der Waals surface area contributed by atoms with Gasteiger partial charge in [0.2, 0.25) is 0 Å². The van der Waals surface area contributed by atoms with Crippen molar-refractivity contribution in [3.05, 3.63) is 40.8 Å². The Morgan fingerprint density at radius 2 is 2.00 bits per heavy atom. The summed E-state index contributed by atoms with van der Waals surface area (Å²) in [5.41, 5.74) is -0.180. The Morgan fingerprint density at radius 3 is 2.52 bits per heavy atom. The van der Waals surface area contributed by atoms with Gasteiger partial charge in [0.25, 0.3) is 10.0 Å². The second-order valence-corrected chi connectivity index (χ2v) is 7.38. The van der Waals surface area contributed by atoms with Crippen molar-refractivity contribution < 1.29 is 23.1 Å². The van der Waals surface area contributed by atoms with E-state index in [-0.39, 0.29) is 15.5 Å². The van der Waals surface area contributed by atoms with Crippen LogP contribution in [-0.2, 0) is 10.0 Å². The predicted octanol–water partition coefficient (Wildman–Crippen LogP) is 2.56. The van der Waals surface area contributed by atoms with E-state index >= 15 is 0 Å². The molecule has 0 atom stereocenters. The highest BCUT2D eigenvalue weighted by molar-refractivity contribution is 7.94. The van der Waals surface area contributed by atoms with Crippen molar-refractivity contribution in [1.82, 2.24) is 0 Å². The standard InChI is InChI=1S/C13H13NO5S2/c1-8-3-6-12(20-8)21(17,18)14-11-7-9(19-2)4-5-10(11)13(15)16/h3-7,14H,1-2H3,(H,15,16). The van der Waals surface area contributed by atoms with Gasteiger partial charge in [0.05, 0.1) is 18.4 Å². The van der Waals surface area contributed by atoms with Gasteiger partial charge in [-0.2, -0.15) is 0 Å². The summed E-state index contributed by atoms with van der Waals surface area (Å²) >= 11 is 1.11. The molecule has 8 heteroatoms. The quantitative estimate of drug-likeness (QED) is 0.880. The lowest BCUT2D eigenvalue weighted by Gasteiger charge is -2.11. The largest absolute Gasteiger partial charge is 0.497 e. The van der Waals surface area contributed by atoms with E-state index in [9.17, 15) is 13.2 Å². The maximum absolute atomic E-state index is 12.3. The first-order valence-electron chi connectivity index (χ1n) is 5.84. The van der Waals surface area contributed by atoms with E-state index < -0.39 is 16.0 Å². The van der Waals surface area contributed by atoms with Gasteiger partial charge in [-0.25, -0.2) is 13.2 Å². The number of carboxylic acids is 1. The van der Waals surface area contributed by atoms with Crippen molar-refractivity contribution in [3.63, 3.8) is 0 Å². The fourth-order valence-corrected chi connectivity index (χ4v) is 4.03. The van der Waals surface area contributed by atoms with E-state index in [1.54, 1.807) is 13.0 Å². The van der Waals surface area contributed by atoms with Crippen LogP contribution >= 0.6 is 11.3 Å². The fourth-order valence-electron chi connectivity index (χ4n) is 1.67. The third-order valence-electron chi connectivity index (χ3n) is 2.68. The van der Waals surface area contributed by atoms with Crippen molar-refractivity contribution >= 4 is 33.0 Å². The predicted molar refractivity (Wildman–Crippen MR) is 79.8 cm³/mol. The Hall–Kier alpha value is -2.06.